The first kappa shape index (κ1) is 10.2. The maximum Gasteiger partial charge on any atom is 0.446 e. The molecular weight excluding hydrogens is 229 g/mol. The summed E-state index contributed by atoms with van der Waals surface area (Å²) in [5, 5.41) is 0. The highest BCUT2D eigenvalue weighted by Gasteiger charge is 2.29. The number of hydrogen-bond donors (Lipinski definition) is 1. The number of alkyl halides is 3. The lowest BCUT2D eigenvalue weighted by Crippen LogP contribution is -1.98. The van der Waals surface area contributed by atoms with Gasteiger partial charge in [0.05, 0.1) is 0 Å². The largest absolute Gasteiger partial charge is 0.446 e. The van der Waals surface area contributed by atoms with Gasteiger partial charge in [-0.1, -0.05) is 0 Å². The number of oxazole rings is 1. The van der Waals surface area contributed by atoms with Crippen LogP contribution in [0.5, 0.6) is 0 Å². The Kier molecular flexibility index (Phi) is 2.26. The van der Waals surface area contributed by atoms with Crippen LogP contribution in [0, 0.1) is 0 Å². The second-order valence-electron chi connectivity index (χ2n) is 2.73. The molecule has 0 radical (unpaired) electrons. The number of thioether (sulfide) groups is 1. The number of fused-ring (bicyclic) bond motifs is 1. The van der Waals surface area contributed by atoms with E-state index in [1.807, 2.05) is 0 Å². The fourth-order valence-corrected chi connectivity index (χ4v) is 1.70. The van der Waals surface area contributed by atoms with Gasteiger partial charge in [-0.15, -0.1) is 0 Å². The lowest BCUT2D eigenvalue weighted by molar-refractivity contribution is -0.0328. The molecular formula is C8H5F3N2OS. The second-order valence-corrected chi connectivity index (χ2v) is 3.87. The molecule has 0 amide bonds. The molecule has 0 spiro atoms. The van der Waals surface area contributed by atoms with Crippen LogP contribution in [0.3, 0.4) is 0 Å². The van der Waals surface area contributed by atoms with Crippen LogP contribution in [0.25, 0.3) is 11.1 Å². The molecule has 0 aliphatic rings. The van der Waals surface area contributed by atoms with Crippen molar-refractivity contribution in [3.8, 4) is 0 Å². The van der Waals surface area contributed by atoms with Gasteiger partial charge in [-0.3, -0.25) is 0 Å². The van der Waals surface area contributed by atoms with Crippen molar-refractivity contribution >= 4 is 28.9 Å². The van der Waals surface area contributed by atoms with E-state index in [0.29, 0.717) is 11.1 Å². The van der Waals surface area contributed by atoms with Gasteiger partial charge in [0, 0.05) is 4.90 Å². The molecule has 7 heteroatoms. The molecule has 0 saturated heterocycles. The zero-order valence-electron chi connectivity index (χ0n) is 7.21. The Bertz CT molecular complexity index is 494. The number of nitrogens with two attached hydrogens (primary N) is 1. The van der Waals surface area contributed by atoms with Crippen molar-refractivity contribution in [3.05, 3.63) is 18.2 Å². The summed E-state index contributed by atoms with van der Waals surface area (Å²) < 4.78 is 41.1. The molecule has 1 aromatic heterocycles. The van der Waals surface area contributed by atoms with Gasteiger partial charge in [0.1, 0.15) is 5.52 Å². The van der Waals surface area contributed by atoms with Crippen molar-refractivity contribution in [1.29, 1.82) is 0 Å². The highest BCUT2D eigenvalue weighted by atomic mass is 32.2. The monoisotopic (exact) mass is 234 g/mol. The molecule has 0 aliphatic carbocycles. The van der Waals surface area contributed by atoms with E-state index in [4.69, 9.17) is 10.2 Å². The van der Waals surface area contributed by atoms with E-state index in [9.17, 15) is 13.2 Å². The van der Waals surface area contributed by atoms with Crippen LogP contribution in [-0.2, 0) is 0 Å². The van der Waals surface area contributed by atoms with E-state index in [1.54, 1.807) is 0 Å². The van der Waals surface area contributed by atoms with Crippen LogP contribution < -0.4 is 5.73 Å². The smallest absolute Gasteiger partial charge is 0.424 e. The average molecular weight is 234 g/mol. The van der Waals surface area contributed by atoms with Crippen LogP contribution in [0.4, 0.5) is 19.2 Å². The van der Waals surface area contributed by atoms with E-state index >= 15 is 0 Å². The summed E-state index contributed by atoms with van der Waals surface area (Å²) in [5.41, 5.74) is 1.65. The van der Waals surface area contributed by atoms with E-state index < -0.39 is 5.51 Å². The topological polar surface area (TPSA) is 52.0 Å². The van der Waals surface area contributed by atoms with Crippen LogP contribution in [0.1, 0.15) is 0 Å². The minimum absolute atomic E-state index is 0.0563. The molecule has 0 aliphatic heterocycles. The maximum absolute atomic E-state index is 12.0. The molecule has 1 heterocycles. The molecule has 0 saturated carbocycles. The van der Waals surface area contributed by atoms with Crippen molar-refractivity contribution < 1.29 is 17.6 Å². The lowest BCUT2D eigenvalue weighted by atomic mass is 10.3. The van der Waals surface area contributed by atoms with E-state index in [2.05, 4.69) is 4.98 Å². The SMILES string of the molecule is Nc1nc2cc(SC(F)(F)F)ccc2o1. The third-order valence-electron chi connectivity index (χ3n) is 1.61. The Labute approximate surface area is 86.5 Å². The summed E-state index contributed by atoms with van der Waals surface area (Å²) in [7, 11) is 0. The third-order valence-corrected chi connectivity index (χ3v) is 2.33. The molecule has 2 N–H and O–H groups in total. The summed E-state index contributed by atoms with van der Waals surface area (Å²) in [6.45, 7) is 0. The highest BCUT2D eigenvalue weighted by molar-refractivity contribution is 8.00. The number of anilines is 1. The molecule has 2 rings (SSSR count). The minimum atomic E-state index is -4.30. The van der Waals surface area contributed by atoms with Gasteiger partial charge >= 0.3 is 5.51 Å². The van der Waals surface area contributed by atoms with Gasteiger partial charge in [-0.2, -0.15) is 18.2 Å². The lowest BCUT2D eigenvalue weighted by Gasteiger charge is -2.04. The standard InChI is InChI=1S/C8H5F3N2OS/c9-8(10,11)15-4-1-2-6-5(3-4)13-7(12)14-6/h1-3H,(H2,12,13). The van der Waals surface area contributed by atoms with Gasteiger partial charge in [-0.05, 0) is 30.0 Å². The first-order chi connectivity index (χ1) is 6.94. The maximum atomic E-state index is 12.0. The Morgan fingerprint density at radius 1 is 1.33 bits per heavy atom. The molecule has 0 unspecified atom stereocenters. The summed E-state index contributed by atoms with van der Waals surface area (Å²) >= 11 is -0.198. The summed E-state index contributed by atoms with van der Waals surface area (Å²) in [6.07, 6.45) is 0. The number of aromatic nitrogens is 1. The number of hydrogen-bond acceptors (Lipinski definition) is 4. The number of nitrogens with zero attached hydrogens (tertiary/aromatic N) is 1. The normalized spacial score (nSPS) is 12.2. The van der Waals surface area contributed by atoms with Crippen LogP contribution in [0.15, 0.2) is 27.5 Å². The molecule has 1 aromatic carbocycles. The summed E-state index contributed by atoms with van der Waals surface area (Å²) in [6, 6.07) is 3.95. The summed E-state index contributed by atoms with van der Waals surface area (Å²) in [4.78, 5) is 3.79. The molecule has 80 valence electrons. The quantitative estimate of drug-likeness (QED) is 0.770. The number of rotatable bonds is 1. The van der Waals surface area contributed by atoms with Crippen molar-refractivity contribution in [2.24, 2.45) is 0 Å². The predicted molar refractivity (Wildman–Crippen MR) is 50.3 cm³/mol. The molecule has 15 heavy (non-hydrogen) atoms. The van der Waals surface area contributed by atoms with Gasteiger partial charge in [-0.25, -0.2) is 0 Å². The molecule has 0 fully saturated rings. The minimum Gasteiger partial charge on any atom is -0.424 e. The first-order valence-corrected chi connectivity index (χ1v) is 4.67. The van der Waals surface area contributed by atoms with E-state index in [0.717, 1.165) is 0 Å². The van der Waals surface area contributed by atoms with Gasteiger partial charge < -0.3 is 10.2 Å². The van der Waals surface area contributed by atoms with Crippen LogP contribution >= 0.6 is 11.8 Å². The number of halogens is 3. The highest BCUT2D eigenvalue weighted by Crippen LogP contribution is 2.37. The van der Waals surface area contributed by atoms with Crippen LogP contribution in [-0.4, -0.2) is 10.5 Å². The Morgan fingerprint density at radius 2 is 2.07 bits per heavy atom. The zero-order chi connectivity index (χ0) is 11.1. The van der Waals surface area contributed by atoms with Crippen molar-refractivity contribution in [2.45, 2.75) is 10.4 Å². The van der Waals surface area contributed by atoms with Gasteiger partial charge in [0.25, 0.3) is 6.01 Å². The van der Waals surface area contributed by atoms with E-state index in [1.165, 1.54) is 18.2 Å². The van der Waals surface area contributed by atoms with Crippen molar-refractivity contribution in [3.63, 3.8) is 0 Å². The van der Waals surface area contributed by atoms with Gasteiger partial charge in [0.2, 0.25) is 0 Å². The molecule has 0 atom stereocenters. The Morgan fingerprint density at radius 3 is 2.73 bits per heavy atom. The Balaban J connectivity index is 2.38. The third kappa shape index (κ3) is 2.35. The molecule has 0 bridgehead atoms. The second kappa shape index (κ2) is 3.34. The number of nitrogen functional groups attached to an aromatic ring is 1. The predicted octanol–water partition coefficient (Wildman–Crippen LogP) is 3.02. The average Bonchev–Trinajstić information content (AvgIpc) is 2.40. The Hall–Kier alpha value is -1.37. The van der Waals surface area contributed by atoms with E-state index in [-0.39, 0.29) is 22.7 Å². The fraction of sp³-hybridized carbons (Fsp3) is 0.125. The van der Waals surface area contributed by atoms with Gasteiger partial charge in [0.15, 0.2) is 5.58 Å². The zero-order valence-corrected chi connectivity index (χ0v) is 8.02. The van der Waals surface area contributed by atoms with Crippen molar-refractivity contribution in [1.82, 2.24) is 4.98 Å². The number of benzene rings is 1. The van der Waals surface area contributed by atoms with Crippen LogP contribution in [0.2, 0.25) is 0 Å². The first-order valence-electron chi connectivity index (χ1n) is 3.86. The van der Waals surface area contributed by atoms with Crippen molar-refractivity contribution in [2.75, 3.05) is 5.73 Å². The fourth-order valence-electron chi connectivity index (χ4n) is 1.12. The molecule has 3 nitrogen and oxygen atoms in total. The summed E-state index contributed by atoms with van der Waals surface area (Å²) in [5.74, 6) is 0. The molecule has 2 aromatic rings.